The number of carboxylic acids is 1. The number of halogens is 1. The lowest BCUT2D eigenvalue weighted by molar-refractivity contribution is -0.133. The molecule has 1 aliphatic carbocycles. The summed E-state index contributed by atoms with van der Waals surface area (Å²) in [5, 5.41) is 13.5. The first kappa shape index (κ1) is 25.7. The van der Waals surface area contributed by atoms with Crippen LogP contribution in [0.3, 0.4) is 0 Å². The summed E-state index contributed by atoms with van der Waals surface area (Å²) in [7, 11) is 1.89. The molecule has 1 fully saturated rings. The number of amidine groups is 1. The Labute approximate surface area is 224 Å². The van der Waals surface area contributed by atoms with Gasteiger partial charge in [-0.3, -0.25) is 0 Å². The maximum atomic E-state index is 13.8. The summed E-state index contributed by atoms with van der Waals surface area (Å²) in [5.41, 5.74) is 9.39. The van der Waals surface area contributed by atoms with Crippen LogP contribution in [-0.4, -0.2) is 70.1 Å². The van der Waals surface area contributed by atoms with Gasteiger partial charge in [0.2, 0.25) is 0 Å². The Morgan fingerprint density at radius 2 is 2.00 bits per heavy atom. The van der Waals surface area contributed by atoms with Crippen LogP contribution in [0.4, 0.5) is 4.79 Å². The topological polar surface area (TPSA) is 120 Å². The number of likely N-dealkylation sites (N-methyl/N-ethyl adjacent to an activating group) is 1. The van der Waals surface area contributed by atoms with Crippen molar-refractivity contribution in [1.82, 2.24) is 15.1 Å². The van der Waals surface area contributed by atoms with Crippen molar-refractivity contribution in [2.75, 3.05) is 20.1 Å². The molecule has 1 aromatic carbocycles. The number of nitrogens with two attached hydrogens (primary N) is 1. The number of nitrogens with one attached hydrogen (secondary N) is 1. The number of hydrogen-bond donors (Lipinski definition) is 3. The Morgan fingerprint density at radius 1 is 1.27 bits per heavy atom. The van der Waals surface area contributed by atoms with Gasteiger partial charge in [0.25, 0.3) is 0 Å². The molecule has 196 valence electrons. The third-order valence-corrected chi connectivity index (χ3v) is 7.65. The number of nitrogens with zero attached hydrogens (tertiary/aromatic N) is 3. The molecule has 0 saturated carbocycles. The van der Waals surface area contributed by atoms with Gasteiger partial charge in [-0.2, -0.15) is 0 Å². The summed E-state index contributed by atoms with van der Waals surface area (Å²) in [4.78, 5) is 34.6. The van der Waals surface area contributed by atoms with Crippen LogP contribution in [-0.2, 0) is 9.53 Å². The number of aliphatic imine (C=N–C) groups is 1. The molecule has 1 atom stereocenters. The van der Waals surface area contributed by atoms with Crippen molar-refractivity contribution in [3.63, 3.8) is 0 Å². The molecule has 4 aliphatic rings. The maximum absolute atomic E-state index is 13.8. The zero-order valence-corrected chi connectivity index (χ0v) is 23.1. The summed E-state index contributed by atoms with van der Waals surface area (Å²) < 4.78 is 6.70. The smallest absolute Gasteiger partial charge is 0.420 e. The minimum atomic E-state index is -0.953. The van der Waals surface area contributed by atoms with E-state index >= 15 is 0 Å². The first-order chi connectivity index (χ1) is 17.4. The number of rotatable bonds is 4. The summed E-state index contributed by atoms with van der Waals surface area (Å²) in [6.45, 7) is 6.73. The number of allylic oxidation sites excluding steroid dienone is 2. The van der Waals surface area contributed by atoms with E-state index in [0.717, 1.165) is 26.9 Å². The van der Waals surface area contributed by atoms with E-state index in [0.29, 0.717) is 49.5 Å². The highest BCUT2D eigenvalue weighted by atomic mass is 79.9. The number of benzene rings is 1. The Balaban J connectivity index is 1.69. The van der Waals surface area contributed by atoms with Crippen LogP contribution < -0.4 is 11.1 Å². The van der Waals surface area contributed by atoms with Gasteiger partial charge in [0.1, 0.15) is 11.4 Å². The fourth-order valence-corrected chi connectivity index (χ4v) is 5.86. The average molecular weight is 570 g/mol. The molecule has 4 N–H and O–H groups in total. The van der Waals surface area contributed by atoms with Gasteiger partial charge in [0.05, 0.1) is 23.0 Å². The van der Waals surface area contributed by atoms with Crippen LogP contribution in [0.1, 0.15) is 45.6 Å². The average Bonchev–Trinajstić information content (AvgIpc) is 3.07. The lowest BCUT2D eigenvalue weighted by Gasteiger charge is -2.43. The molecule has 0 aromatic heterocycles. The molecular formula is C27H32BrN5O4. The maximum Gasteiger partial charge on any atom is 0.420 e. The van der Waals surface area contributed by atoms with Gasteiger partial charge in [-0.1, -0.05) is 28.1 Å². The minimum absolute atomic E-state index is 0.358. The summed E-state index contributed by atoms with van der Waals surface area (Å²) in [6.07, 6.45) is 2.84. The quantitative estimate of drug-likeness (QED) is 0.505. The number of carbonyl (C=O) groups is 2. The number of hydrogen-bond acceptors (Lipinski definition) is 7. The second kappa shape index (κ2) is 9.11. The number of carboxylic acid groups (broad SMARTS) is 1. The Bertz CT molecular complexity index is 1300. The van der Waals surface area contributed by atoms with Crippen LogP contribution in [0.15, 0.2) is 68.0 Å². The molecular weight excluding hydrogens is 538 g/mol. The molecule has 5 rings (SSSR count). The number of aliphatic carboxylic acids is 1. The highest BCUT2D eigenvalue weighted by molar-refractivity contribution is 9.10. The molecule has 37 heavy (non-hydrogen) atoms. The Hall–Kier alpha value is -2.95. The highest BCUT2D eigenvalue weighted by Crippen LogP contribution is 2.48. The zero-order valence-electron chi connectivity index (χ0n) is 21.5. The van der Waals surface area contributed by atoms with Crippen molar-refractivity contribution in [2.24, 2.45) is 10.7 Å². The number of carbonyl (C=O) groups excluding carboxylic acids is 1. The van der Waals surface area contributed by atoms with Gasteiger partial charge in [0, 0.05) is 41.9 Å². The van der Waals surface area contributed by atoms with E-state index in [2.05, 4.69) is 21.2 Å². The molecule has 3 heterocycles. The number of fused-ring (bicyclic) bond motifs is 2. The SMILES string of the molecule is CN1C2=C3C(=CN=C(c4cccc(Br)c4)N3C(=O)OC(C)(C)C)CCC2=C(C(=O)O)C1CC1(N)CNC1. The number of amides is 1. The normalized spacial score (nSPS) is 22.7. The third-order valence-electron chi connectivity index (χ3n) is 7.16. The molecule has 9 nitrogen and oxygen atoms in total. The van der Waals surface area contributed by atoms with Crippen LogP contribution >= 0.6 is 15.9 Å². The standard InChI is InChI=1S/C27H32BrN5O4/c1-26(2,3)37-25(36)33-21-16(12-31-23(33)15-6-5-7-17(28)10-15)8-9-18-20(24(34)35)19(32(4)22(18)21)11-27(29)13-30-14-27/h5-7,10,12,19,30H,8-9,11,13-14,29H2,1-4H3,(H,34,35). The van der Waals surface area contributed by atoms with Gasteiger partial charge < -0.3 is 25.8 Å². The van der Waals surface area contributed by atoms with Crippen molar-refractivity contribution in [2.45, 2.75) is 57.2 Å². The molecule has 1 unspecified atom stereocenters. The molecule has 10 heteroatoms. The first-order valence-corrected chi connectivity index (χ1v) is 13.2. The molecule has 1 saturated heterocycles. The zero-order chi connectivity index (χ0) is 26.7. The van der Waals surface area contributed by atoms with E-state index in [4.69, 9.17) is 15.5 Å². The summed E-state index contributed by atoms with van der Waals surface area (Å²) in [5.74, 6) is -0.526. The van der Waals surface area contributed by atoms with Gasteiger partial charge in [-0.15, -0.1) is 0 Å². The Kier molecular flexibility index (Phi) is 6.32. The summed E-state index contributed by atoms with van der Waals surface area (Å²) >= 11 is 3.51. The molecule has 0 spiro atoms. The van der Waals surface area contributed by atoms with Crippen LogP contribution in [0.5, 0.6) is 0 Å². The molecule has 0 radical (unpaired) electrons. The molecule has 1 amide bonds. The fraction of sp³-hybridized carbons (Fsp3) is 0.444. The van der Waals surface area contributed by atoms with Gasteiger partial charge in [-0.25, -0.2) is 19.5 Å². The highest BCUT2D eigenvalue weighted by Gasteiger charge is 2.48. The van der Waals surface area contributed by atoms with E-state index in [1.54, 1.807) is 6.20 Å². The third kappa shape index (κ3) is 4.62. The van der Waals surface area contributed by atoms with E-state index < -0.39 is 29.2 Å². The summed E-state index contributed by atoms with van der Waals surface area (Å²) in [6, 6.07) is 7.16. The molecule has 1 aromatic rings. The minimum Gasteiger partial charge on any atom is -0.478 e. The first-order valence-electron chi connectivity index (χ1n) is 12.4. The second-order valence-corrected chi connectivity index (χ2v) is 12.0. The van der Waals surface area contributed by atoms with Crippen molar-refractivity contribution in [1.29, 1.82) is 0 Å². The van der Waals surface area contributed by atoms with Crippen molar-refractivity contribution < 1.29 is 19.4 Å². The van der Waals surface area contributed by atoms with Crippen molar-refractivity contribution >= 4 is 33.8 Å². The van der Waals surface area contributed by atoms with Gasteiger partial charge >= 0.3 is 12.1 Å². The van der Waals surface area contributed by atoms with Crippen LogP contribution in [0, 0.1) is 0 Å². The monoisotopic (exact) mass is 569 g/mol. The van der Waals surface area contributed by atoms with E-state index in [-0.39, 0.29) is 0 Å². The molecule has 0 bridgehead atoms. The fourth-order valence-electron chi connectivity index (χ4n) is 5.46. The largest absolute Gasteiger partial charge is 0.478 e. The van der Waals surface area contributed by atoms with E-state index in [1.165, 1.54) is 4.90 Å². The van der Waals surface area contributed by atoms with Crippen molar-refractivity contribution in [3.05, 3.63) is 68.6 Å². The van der Waals surface area contributed by atoms with E-state index in [1.807, 2.05) is 57.0 Å². The predicted molar refractivity (Wildman–Crippen MR) is 144 cm³/mol. The molecule has 3 aliphatic heterocycles. The lowest BCUT2D eigenvalue weighted by Crippen LogP contribution is -2.67. The van der Waals surface area contributed by atoms with Crippen LogP contribution in [0.2, 0.25) is 0 Å². The van der Waals surface area contributed by atoms with Crippen LogP contribution in [0.25, 0.3) is 0 Å². The van der Waals surface area contributed by atoms with E-state index in [9.17, 15) is 14.7 Å². The Morgan fingerprint density at radius 3 is 2.59 bits per heavy atom. The van der Waals surface area contributed by atoms with Gasteiger partial charge in [-0.05, 0) is 63.3 Å². The second-order valence-electron chi connectivity index (χ2n) is 11.1. The van der Waals surface area contributed by atoms with Gasteiger partial charge in [0.15, 0.2) is 0 Å². The van der Waals surface area contributed by atoms with Crippen molar-refractivity contribution in [3.8, 4) is 0 Å². The predicted octanol–water partition coefficient (Wildman–Crippen LogP) is 3.72. The lowest BCUT2D eigenvalue weighted by atomic mass is 9.83. The number of ether oxygens (including phenoxy) is 1.